The zero-order valence-corrected chi connectivity index (χ0v) is 19.6. The molecule has 0 radical (unpaired) electrons. The Hall–Kier alpha value is -3.69. The highest BCUT2D eigenvalue weighted by Crippen LogP contribution is 2.35. The van der Waals surface area contributed by atoms with Gasteiger partial charge in [-0.2, -0.15) is 9.97 Å². The molecule has 1 unspecified atom stereocenters. The van der Waals surface area contributed by atoms with Gasteiger partial charge < -0.3 is 25.4 Å². The Bertz CT molecular complexity index is 1330. The van der Waals surface area contributed by atoms with Crippen molar-refractivity contribution in [3.63, 3.8) is 0 Å². The monoisotopic (exact) mass is 477 g/mol. The van der Waals surface area contributed by atoms with Crippen LogP contribution in [0.15, 0.2) is 48.7 Å². The molecule has 174 valence electrons. The molecule has 2 aromatic carbocycles. The summed E-state index contributed by atoms with van der Waals surface area (Å²) >= 11 is 6.12. The Labute approximate surface area is 201 Å². The van der Waals surface area contributed by atoms with Gasteiger partial charge in [0.2, 0.25) is 5.95 Å². The Kier molecular flexibility index (Phi) is 6.04. The normalized spacial score (nSPS) is 16.0. The van der Waals surface area contributed by atoms with Gasteiger partial charge in [-0.25, -0.2) is 9.97 Å². The van der Waals surface area contributed by atoms with Crippen LogP contribution in [0.2, 0.25) is 5.02 Å². The minimum atomic E-state index is 0.0232. The maximum absolute atomic E-state index is 6.12. The van der Waals surface area contributed by atoms with Crippen LogP contribution in [-0.4, -0.2) is 53.8 Å². The fourth-order valence-electron chi connectivity index (χ4n) is 4.18. The third-order valence-electron chi connectivity index (χ3n) is 5.86. The van der Waals surface area contributed by atoms with Crippen molar-refractivity contribution in [3.8, 4) is 22.8 Å². The van der Waals surface area contributed by atoms with Crippen molar-refractivity contribution in [2.75, 3.05) is 44.5 Å². The zero-order chi connectivity index (χ0) is 23.7. The SMILES string of the molecule is COc1ccc(-c2cnc3nc(N)nc(N4CCNCC4c4ccc(Cl)cc4)c3n2)cc1OC. The van der Waals surface area contributed by atoms with E-state index in [2.05, 4.69) is 25.2 Å². The molecule has 0 amide bonds. The van der Waals surface area contributed by atoms with Crippen LogP contribution >= 0.6 is 11.6 Å². The summed E-state index contributed by atoms with van der Waals surface area (Å²) in [6, 6.07) is 13.5. The number of nitrogen functional groups attached to an aromatic ring is 1. The summed E-state index contributed by atoms with van der Waals surface area (Å²) in [7, 11) is 3.20. The maximum atomic E-state index is 6.12. The summed E-state index contributed by atoms with van der Waals surface area (Å²) in [6.07, 6.45) is 1.67. The number of nitrogens with one attached hydrogen (secondary N) is 1. The second kappa shape index (κ2) is 9.28. The fourth-order valence-corrected chi connectivity index (χ4v) is 4.31. The highest BCUT2D eigenvalue weighted by atomic mass is 35.5. The van der Waals surface area contributed by atoms with Gasteiger partial charge in [0, 0.05) is 30.2 Å². The van der Waals surface area contributed by atoms with Crippen molar-refractivity contribution in [1.29, 1.82) is 0 Å². The predicted molar refractivity (Wildman–Crippen MR) is 132 cm³/mol. The molecule has 2 aromatic heterocycles. The number of anilines is 2. The van der Waals surface area contributed by atoms with E-state index >= 15 is 0 Å². The summed E-state index contributed by atoms with van der Waals surface area (Å²) in [5.74, 6) is 2.06. The van der Waals surface area contributed by atoms with Crippen LogP contribution in [0, 0.1) is 0 Å². The highest BCUT2D eigenvalue weighted by Gasteiger charge is 2.28. The number of hydrogen-bond acceptors (Lipinski definition) is 9. The first-order chi connectivity index (χ1) is 16.6. The molecule has 1 aliphatic rings. The largest absolute Gasteiger partial charge is 0.493 e. The molecule has 1 fully saturated rings. The summed E-state index contributed by atoms with van der Waals surface area (Å²) < 4.78 is 10.8. The van der Waals surface area contributed by atoms with Crippen molar-refractivity contribution in [2.24, 2.45) is 0 Å². The van der Waals surface area contributed by atoms with Crippen LogP contribution in [0.5, 0.6) is 11.5 Å². The van der Waals surface area contributed by atoms with Gasteiger partial charge in [0.25, 0.3) is 0 Å². The van der Waals surface area contributed by atoms with Crippen LogP contribution in [0.25, 0.3) is 22.4 Å². The summed E-state index contributed by atoms with van der Waals surface area (Å²) in [4.78, 5) is 20.6. The third-order valence-corrected chi connectivity index (χ3v) is 6.11. The van der Waals surface area contributed by atoms with Gasteiger partial charge in [0.15, 0.2) is 28.5 Å². The molecule has 4 aromatic rings. The Morgan fingerprint density at radius 2 is 1.82 bits per heavy atom. The van der Waals surface area contributed by atoms with Crippen molar-refractivity contribution < 1.29 is 9.47 Å². The molecule has 1 saturated heterocycles. The lowest BCUT2D eigenvalue weighted by molar-refractivity contribution is 0.355. The van der Waals surface area contributed by atoms with Gasteiger partial charge in [-0.1, -0.05) is 23.7 Å². The van der Waals surface area contributed by atoms with Crippen molar-refractivity contribution in [2.45, 2.75) is 6.04 Å². The predicted octanol–water partition coefficient (Wildman–Crippen LogP) is 3.49. The first-order valence-electron chi connectivity index (χ1n) is 10.8. The third kappa shape index (κ3) is 4.15. The molecule has 0 saturated carbocycles. The molecule has 1 atom stereocenters. The first kappa shape index (κ1) is 22.1. The molecule has 10 heteroatoms. The first-order valence-corrected chi connectivity index (χ1v) is 11.2. The molecular formula is C24H24ClN7O2. The van der Waals surface area contributed by atoms with Crippen LogP contribution in [-0.2, 0) is 0 Å². The molecule has 3 N–H and O–H groups in total. The number of benzene rings is 2. The zero-order valence-electron chi connectivity index (χ0n) is 18.8. The second-order valence-electron chi connectivity index (χ2n) is 7.87. The van der Waals surface area contributed by atoms with Gasteiger partial charge in [-0.05, 0) is 35.9 Å². The molecule has 9 nitrogen and oxygen atoms in total. The molecular weight excluding hydrogens is 454 g/mol. The molecule has 0 aliphatic carbocycles. The standard InChI is InChI=1S/C24H24ClN7O2/c1-33-19-8-5-15(11-20(19)34-2)17-12-28-22-21(29-17)23(31-24(26)30-22)32-10-9-27-13-18(32)14-3-6-16(25)7-4-14/h3-8,11-12,18,27H,9-10,13H2,1-2H3,(H2,26,28,30,31). The van der Waals surface area contributed by atoms with Gasteiger partial charge in [0.1, 0.15) is 0 Å². The van der Waals surface area contributed by atoms with E-state index in [4.69, 9.17) is 31.8 Å². The lowest BCUT2D eigenvalue weighted by Gasteiger charge is -2.37. The highest BCUT2D eigenvalue weighted by molar-refractivity contribution is 6.30. The number of ether oxygens (including phenoxy) is 2. The number of rotatable bonds is 5. The van der Waals surface area contributed by atoms with E-state index in [9.17, 15) is 0 Å². The molecule has 0 spiro atoms. The second-order valence-corrected chi connectivity index (χ2v) is 8.30. The molecule has 0 bridgehead atoms. The van der Waals surface area contributed by atoms with Crippen molar-refractivity contribution in [1.82, 2.24) is 25.3 Å². The smallest absolute Gasteiger partial charge is 0.224 e. The molecule has 3 heterocycles. The average Bonchev–Trinajstić information content (AvgIpc) is 2.88. The number of aromatic nitrogens is 4. The Morgan fingerprint density at radius 3 is 2.59 bits per heavy atom. The van der Waals surface area contributed by atoms with E-state index < -0.39 is 0 Å². The molecule has 34 heavy (non-hydrogen) atoms. The van der Waals surface area contributed by atoms with E-state index in [0.717, 1.165) is 30.8 Å². The van der Waals surface area contributed by atoms with Crippen LogP contribution in [0.3, 0.4) is 0 Å². The number of nitrogens with two attached hydrogens (primary N) is 1. The van der Waals surface area contributed by atoms with E-state index in [1.807, 2.05) is 42.5 Å². The Balaban J connectivity index is 1.62. The van der Waals surface area contributed by atoms with Gasteiger partial charge >= 0.3 is 0 Å². The maximum Gasteiger partial charge on any atom is 0.224 e. The number of piperazine rings is 1. The van der Waals surface area contributed by atoms with E-state index in [1.165, 1.54) is 0 Å². The lowest BCUT2D eigenvalue weighted by Crippen LogP contribution is -2.46. The van der Waals surface area contributed by atoms with E-state index in [-0.39, 0.29) is 12.0 Å². The minimum Gasteiger partial charge on any atom is -0.493 e. The number of halogens is 1. The minimum absolute atomic E-state index is 0.0232. The van der Waals surface area contributed by atoms with Gasteiger partial charge in [-0.15, -0.1) is 0 Å². The fraction of sp³-hybridized carbons (Fsp3) is 0.250. The topological polar surface area (TPSA) is 111 Å². The van der Waals surface area contributed by atoms with Crippen LogP contribution < -0.4 is 25.4 Å². The number of fused-ring (bicyclic) bond motifs is 1. The average molecular weight is 478 g/mol. The van der Waals surface area contributed by atoms with Crippen molar-refractivity contribution >= 4 is 34.5 Å². The van der Waals surface area contributed by atoms with Crippen molar-refractivity contribution in [3.05, 3.63) is 59.2 Å². The van der Waals surface area contributed by atoms with Gasteiger partial charge in [0.05, 0.1) is 32.2 Å². The van der Waals surface area contributed by atoms with Gasteiger partial charge in [-0.3, -0.25) is 0 Å². The molecule has 5 rings (SSSR count). The quantitative estimate of drug-likeness (QED) is 0.446. The number of hydrogen-bond donors (Lipinski definition) is 2. The van der Waals surface area contributed by atoms with Crippen LogP contribution in [0.1, 0.15) is 11.6 Å². The Morgan fingerprint density at radius 1 is 1.03 bits per heavy atom. The van der Waals surface area contributed by atoms with E-state index in [1.54, 1.807) is 20.4 Å². The lowest BCUT2D eigenvalue weighted by atomic mass is 10.0. The number of methoxy groups -OCH3 is 2. The summed E-state index contributed by atoms with van der Waals surface area (Å²) in [5.41, 5.74) is 9.73. The van der Waals surface area contributed by atoms with E-state index in [0.29, 0.717) is 39.2 Å². The van der Waals surface area contributed by atoms with Crippen LogP contribution in [0.4, 0.5) is 11.8 Å². The molecule has 1 aliphatic heterocycles. The summed E-state index contributed by atoms with van der Waals surface area (Å²) in [5, 5.41) is 4.16. The summed E-state index contributed by atoms with van der Waals surface area (Å²) in [6.45, 7) is 2.27. The number of nitrogens with zero attached hydrogens (tertiary/aromatic N) is 5.